The number of esters is 1. The quantitative estimate of drug-likeness (QED) is 0.612. The van der Waals surface area contributed by atoms with E-state index in [0.717, 1.165) is 17.8 Å². The van der Waals surface area contributed by atoms with Crippen molar-refractivity contribution in [3.63, 3.8) is 0 Å². The number of nitrogens with zero attached hydrogens (tertiary/aromatic N) is 3. The lowest BCUT2D eigenvalue weighted by atomic mass is 10.2. The fourth-order valence-corrected chi connectivity index (χ4v) is 3.30. The third-order valence-corrected chi connectivity index (χ3v) is 4.71. The molecule has 1 N–H and O–H groups in total. The van der Waals surface area contributed by atoms with Gasteiger partial charge in [0.05, 0.1) is 11.3 Å². The molecule has 0 aliphatic rings. The van der Waals surface area contributed by atoms with Crippen molar-refractivity contribution >= 4 is 33.9 Å². The molecular formula is C19H20N4O4S. The number of ether oxygens (including phenoxy) is 1. The van der Waals surface area contributed by atoms with Crippen molar-refractivity contribution in [1.82, 2.24) is 14.6 Å². The van der Waals surface area contributed by atoms with Gasteiger partial charge in [0.1, 0.15) is 11.6 Å². The van der Waals surface area contributed by atoms with Gasteiger partial charge in [-0.25, -0.2) is 9.78 Å². The number of carbonyl (C=O) groups is 2. The second-order valence-electron chi connectivity index (χ2n) is 6.21. The van der Waals surface area contributed by atoms with E-state index in [1.807, 2.05) is 6.92 Å². The molecule has 3 aromatic rings. The maximum Gasteiger partial charge on any atom is 0.338 e. The summed E-state index contributed by atoms with van der Waals surface area (Å²) < 4.78 is 6.49. The summed E-state index contributed by atoms with van der Waals surface area (Å²) in [5.41, 5.74) is 0.872. The number of unbranched alkanes of at least 4 members (excludes halogenated alkanes) is 1. The molecule has 2 aromatic heterocycles. The fraction of sp³-hybridized carbons (Fsp3) is 0.316. The van der Waals surface area contributed by atoms with E-state index in [1.54, 1.807) is 31.2 Å². The van der Waals surface area contributed by atoms with Gasteiger partial charge in [-0.15, -0.1) is 0 Å². The molecule has 0 saturated heterocycles. The first kappa shape index (κ1) is 19.7. The minimum Gasteiger partial charge on any atom is -0.456 e. The standard InChI is InChI=1S/C19H20N4O4S/c1-3-4-8-16(24)20-14-7-5-6-13(9-14)18(26)27-11-15-10-17(25)23-19(21-15)28-12(2)22-23/h5-7,9-10H,3-4,8,11H2,1-2H3,(H,20,24). The Kier molecular flexibility index (Phi) is 6.15. The summed E-state index contributed by atoms with van der Waals surface area (Å²) >= 11 is 1.28. The van der Waals surface area contributed by atoms with Crippen molar-refractivity contribution in [3.05, 3.63) is 57.0 Å². The number of anilines is 1. The van der Waals surface area contributed by atoms with Crippen LogP contribution in [0.2, 0.25) is 0 Å². The highest BCUT2D eigenvalue weighted by molar-refractivity contribution is 7.16. The van der Waals surface area contributed by atoms with E-state index in [9.17, 15) is 14.4 Å². The van der Waals surface area contributed by atoms with Gasteiger partial charge in [-0.3, -0.25) is 9.59 Å². The summed E-state index contributed by atoms with van der Waals surface area (Å²) in [7, 11) is 0. The molecule has 0 aliphatic carbocycles. The lowest BCUT2D eigenvalue weighted by Crippen LogP contribution is -2.16. The third kappa shape index (κ3) is 4.80. The SMILES string of the molecule is CCCCC(=O)Nc1cccc(C(=O)OCc2cc(=O)n3nc(C)sc3n2)c1. The molecule has 0 saturated carbocycles. The van der Waals surface area contributed by atoms with Crippen LogP contribution in [0.5, 0.6) is 0 Å². The number of rotatable bonds is 7. The van der Waals surface area contributed by atoms with Crippen LogP contribution < -0.4 is 10.9 Å². The minimum absolute atomic E-state index is 0.0924. The summed E-state index contributed by atoms with van der Waals surface area (Å²) in [6.45, 7) is 3.67. The molecule has 0 spiro atoms. The predicted molar refractivity (Wildman–Crippen MR) is 106 cm³/mol. The van der Waals surface area contributed by atoms with Crippen molar-refractivity contribution in [2.75, 3.05) is 5.32 Å². The Balaban J connectivity index is 1.66. The number of hydrogen-bond acceptors (Lipinski definition) is 7. The fourth-order valence-electron chi connectivity index (χ4n) is 2.53. The number of benzene rings is 1. The van der Waals surface area contributed by atoms with Crippen molar-refractivity contribution in [2.45, 2.75) is 39.7 Å². The Morgan fingerprint density at radius 1 is 1.29 bits per heavy atom. The van der Waals surface area contributed by atoms with E-state index in [1.165, 1.54) is 21.9 Å². The Labute approximate surface area is 165 Å². The van der Waals surface area contributed by atoms with Gasteiger partial charge >= 0.3 is 5.97 Å². The topological polar surface area (TPSA) is 103 Å². The number of fused-ring (bicyclic) bond motifs is 1. The highest BCUT2D eigenvalue weighted by Crippen LogP contribution is 2.14. The lowest BCUT2D eigenvalue weighted by molar-refractivity contribution is -0.116. The number of carbonyl (C=O) groups excluding carboxylic acids is 2. The number of amides is 1. The molecule has 0 unspecified atom stereocenters. The maximum absolute atomic E-state index is 12.3. The molecule has 3 rings (SSSR count). The Morgan fingerprint density at radius 3 is 2.89 bits per heavy atom. The molecule has 146 valence electrons. The normalized spacial score (nSPS) is 10.8. The average Bonchev–Trinajstić information content (AvgIpc) is 3.05. The molecule has 2 heterocycles. The Bertz CT molecular complexity index is 1070. The van der Waals surface area contributed by atoms with Crippen LogP contribution in [0, 0.1) is 6.92 Å². The van der Waals surface area contributed by atoms with Crippen LogP contribution >= 0.6 is 11.3 Å². The van der Waals surface area contributed by atoms with Gasteiger partial charge in [0, 0.05) is 18.2 Å². The van der Waals surface area contributed by atoms with Crippen LogP contribution in [-0.4, -0.2) is 26.5 Å². The zero-order chi connectivity index (χ0) is 20.1. The summed E-state index contributed by atoms with van der Waals surface area (Å²) in [6, 6.07) is 7.84. The van der Waals surface area contributed by atoms with Crippen molar-refractivity contribution in [2.24, 2.45) is 0 Å². The van der Waals surface area contributed by atoms with Crippen molar-refractivity contribution < 1.29 is 14.3 Å². The van der Waals surface area contributed by atoms with Gasteiger partial charge in [0.15, 0.2) is 0 Å². The second-order valence-corrected chi connectivity index (χ2v) is 7.37. The lowest BCUT2D eigenvalue weighted by Gasteiger charge is -2.08. The summed E-state index contributed by atoms with van der Waals surface area (Å²) in [4.78, 5) is 40.9. The number of aryl methyl sites for hydroxylation is 1. The molecule has 1 aromatic carbocycles. The van der Waals surface area contributed by atoms with E-state index in [-0.39, 0.29) is 18.1 Å². The summed E-state index contributed by atoms with van der Waals surface area (Å²) in [5, 5.41) is 7.55. The average molecular weight is 400 g/mol. The van der Waals surface area contributed by atoms with Crippen LogP contribution in [0.1, 0.15) is 47.2 Å². The van der Waals surface area contributed by atoms with Gasteiger partial charge in [-0.2, -0.15) is 9.61 Å². The first-order chi connectivity index (χ1) is 13.5. The van der Waals surface area contributed by atoms with Crippen molar-refractivity contribution in [1.29, 1.82) is 0 Å². The number of hydrogen-bond donors (Lipinski definition) is 1. The van der Waals surface area contributed by atoms with E-state index < -0.39 is 5.97 Å². The molecule has 0 atom stereocenters. The molecular weight excluding hydrogens is 380 g/mol. The predicted octanol–water partition coefficient (Wildman–Crippen LogP) is 2.95. The molecule has 0 aliphatic heterocycles. The smallest absolute Gasteiger partial charge is 0.338 e. The molecule has 9 heteroatoms. The van der Waals surface area contributed by atoms with Crippen molar-refractivity contribution in [3.8, 4) is 0 Å². The largest absolute Gasteiger partial charge is 0.456 e. The highest BCUT2D eigenvalue weighted by Gasteiger charge is 2.12. The highest BCUT2D eigenvalue weighted by atomic mass is 32.1. The first-order valence-corrected chi connectivity index (χ1v) is 9.71. The molecule has 0 fully saturated rings. The molecule has 1 amide bonds. The molecule has 8 nitrogen and oxygen atoms in total. The molecule has 0 radical (unpaired) electrons. The van der Waals surface area contributed by atoms with Gasteiger partial charge < -0.3 is 10.1 Å². The van der Waals surface area contributed by atoms with Gasteiger partial charge in [-0.05, 0) is 31.5 Å². The van der Waals surface area contributed by atoms with Gasteiger partial charge in [0.2, 0.25) is 10.9 Å². The maximum atomic E-state index is 12.3. The van der Waals surface area contributed by atoms with Gasteiger partial charge in [0.25, 0.3) is 5.56 Å². The monoisotopic (exact) mass is 400 g/mol. The van der Waals surface area contributed by atoms with E-state index in [2.05, 4.69) is 15.4 Å². The van der Waals surface area contributed by atoms with Gasteiger partial charge in [-0.1, -0.05) is 30.7 Å². The zero-order valence-corrected chi connectivity index (χ0v) is 16.4. The first-order valence-electron chi connectivity index (χ1n) is 8.89. The minimum atomic E-state index is -0.563. The summed E-state index contributed by atoms with van der Waals surface area (Å²) in [5.74, 6) is -0.655. The summed E-state index contributed by atoms with van der Waals surface area (Å²) in [6.07, 6.45) is 2.18. The third-order valence-electron chi connectivity index (χ3n) is 3.89. The molecule has 28 heavy (non-hydrogen) atoms. The van der Waals surface area contributed by atoms with E-state index >= 15 is 0 Å². The number of aromatic nitrogens is 3. The van der Waals surface area contributed by atoms with Crippen LogP contribution in [0.4, 0.5) is 5.69 Å². The molecule has 0 bridgehead atoms. The Morgan fingerprint density at radius 2 is 2.11 bits per heavy atom. The van der Waals surface area contributed by atoms with Crippen LogP contribution in [0.15, 0.2) is 35.1 Å². The Hall–Kier alpha value is -3.07. The number of nitrogens with one attached hydrogen (secondary N) is 1. The van der Waals surface area contributed by atoms with E-state index in [0.29, 0.717) is 28.3 Å². The van der Waals surface area contributed by atoms with Crippen LogP contribution in [-0.2, 0) is 16.1 Å². The van der Waals surface area contributed by atoms with Crippen LogP contribution in [0.25, 0.3) is 4.96 Å². The van der Waals surface area contributed by atoms with E-state index in [4.69, 9.17) is 4.74 Å². The second kappa shape index (κ2) is 8.75. The zero-order valence-electron chi connectivity index (χ0n) is 15.6. The van der Waals surface area contributed by atoms with Crippen LogP contribution in [0.3, 0.4) is 0 Å².